The van der Waals surface area contributed by atoms with E-state index in [2.05, 4.69) is 233 Å². The average Bonchev–Trinajstić information content (AvgIpc) is 2.80. The summed E-state index contributed by atoms with van der Waals surface area (Å²) in [6.07, 6.45) is 10.7. The maximum absolute atomic E-state index is 2.86. The molecular formula is C73H80BN3S. The highest BCUT2D eigenvalue weighted by molar-refractivity contribution is 7.25. The first-order valence-corrected chi connectivity index (χ1v) is 30.8. The van der Waals surface area contributed by atoms with E-state index >= 15 is 0 Å². The Balaban J connectivity index is 1.11. The van der Waals surface area contributed by atoms with Crippen LogP contribution < -0.4 is 31.1 Å². The normalized spacial score (nSPS) is 24.7. The summed E-state index contributed by atoms with van der Waals surface area (Å²) in [7, 11) is 0. The van der Waals surface area contributed by atoms with Crippen LogP contribution in [0.2, 0.25) is 0 Å². The summed E-state index contributed by atoms with van der Waals surface area (Å²) in [5, 5.41) is 2.69. The molecule has 4 aliphatic carbocycles. The minimum Gasteiger partial charge on any atom is -0.334 e. The van der Waals surface area contributed by atoms with Crippen LogP contribution in [0.15, 0.2) is 121 Å². The van der Waals surface area contributed by atoms with Crippen LogP contribution >= 0.6 is 11.3 Å². The zero-order chi connectivity index (χ0) is 54.2. The van der Waals surface area contributed by atoms with Crippen molar-refractivity contribution in [1.29, 1.82) is 0 Å². The minimum atomic E-state index is -0.118. The van der Waals surface area contributed by atoms with Crippen molar-refractivity contribution in [2.45, 2.75) is 198 Å². The monoisotopic (exact) mass is 1040 g/mol. The van der Waals surface area contributed by atoms with E-state index in [1.54, 1.807) is 0 Å². The number of para-hydroxylation sites is 1. The van der Waals surface area contributed by atoms with Crippen LogP contribution in [0.3, 0.4) is 0 Å². The molecule has 1 saturated carbocycles. The van der Waals surface area contributed by atoms with Crippen molar-refractivity contribution < 1.29 is 0 Å². The average molecular weight is 1040 g/mol. The molecule has 0 bridgehead atoms. The van der Waals surface area contributed by atoms with E-state index in [4.69, 9.17) is 0 Å². The summed E-state index contributed by atoms with van der Waals surface area (Å²) in [6.45, 7) is 35.3. The van der Waals surface area contributed by atoms with Gasteiger partial charge in [-0.25, -0.2) is 0 Å². The largest absolute Gasteiger partial charge is 0.334 e. The number of benzene rings is 7. The fourth-order valence-electron chi connectivity index (χ4n) is 17.9. The third kappa shape index (κ3) is 6.46. The van der Waals surface area contributed by atoms with Crippen molar-refractivity contribution >= 4 is 100 Å². The summed E-state index contributed by atoms with van der Waals surface area (Å²) >= 11 is 1.94. The van der Waals surface area contributed by atoms with E-state index in [1.165, 1.54) is 166 Å². The lowest BCUT2D eigenvalue weighted by Crippen LogP contribution is -2.62. The number of hydrogen-bond donors (Lipinski definition) is 0. The van der Waals surface area contributed by atoms with Gasteiger partial charge < -0.3 is 14.7 Å². The fourth-order valence-corrected chi connectivity index (χ4v) is 19.0. The Labute approximate surface area is 470 Å². The molecule has 0 N–H and O–H groups in total. The molecule has 0 amide bonds. The van der Waals surface area contributed by atoms with Gasteiger partial charge in [-0.15, -0.1) is 11.3 Å². The Bertz CT molecular complexity index is 3940. The number of thiophene rings is 1. The maximum atomic E-state index is 2.86. The molecule has 0 saturated heterocycles. The molecule has 5 heteroatoms. The van der Waals surface area contributed by atoms with Crippen molar-refractivity contribution in [2.24, 2.45) is 0 Å². The molecule has 0 radical (unpaired) electrons. The topological polar surface area (TPSA) is 9.72 Å². The first-order chi connectivity index (χ1) is 36.8. The molecule has 15 rings (SSSR count). The lowest BCUT2D eigenvalue weighted by molar-refractivity contribution is 0.195. The summed E-state index contributed by atoms with van der Waals surface area (Å²) < 4.78 is 2.69. The zero-order valence-corrected chi connectivity index (χ0v) is 50.1. The minimum absolute atomic E-state index is 0.00949. The molecule has 78 heavy (non-hydrogen) atoms. The van der Waals surface area contributed by atoms with E-state index in [0.29, 0.717) is 0 Å². The van der Waals surface area contributed by atoms with Crippen molar-refractivity contribution in [3.63, 3.8) is 0 Å². The Kier molecular flexibility index (Phi) is 9.83. The van der Waals surface area contributed by atoms with E-state index in [-0.39, 0.29) is 50.2 Å². The SMILES string of the molecule is CC1(C)CCC(C)(C)c2cc(N3c4cc5c(cc4B4c6cc7c(cc6N(c6ccc8c(c6)sc6ccccc68)c6cc(N8c9ccccc9C9(C)CCCCC89C)cc3c64)C(C)(C)CC7(C)C)C(C)(C)CCC5(C)C)ccc21. The van der Waals surface area contributed by atoms with Crippen LogP contribution in [0, 0.1) is 0 Å². The first kappa shape index (κ1) is 49.3. The molecule has 4 heterocycles. The number of nitrogens with zero attached hydrogens (tertiary/aromatic N) is 3. The summed E-state index contributed by atoms with van der Waals surface area (Å²) in [5.41, 5.74) is 25.6. The van der Waals surface area contributed by atoms with Gasteiger partial charge in [0.25, 0.3) is 6.71 Å². The molecule has 2 unspecified atom stereocenters. The molecule has 3 nitrogen and oxygen atoms in total. The molecule has 1 aromatic heterocycles. The Hall–Kier alpha value is -5.78. The van der Waals surface area contributed by atoms with Gasteiger partial charge in [-0.1, -0.05) is 164 Å². The van der Waals surface area contributed by atoms with Gasteiger partial charge in [-0.3, -0.25) is 0 Å². The van der Waals surface area contributed by atoms with Gasteiger partial charge in [0.05, 0.1) is 5.54 Å². The highest BCUT2D eigenvalue weighted by Gasteiger charge is 2.58. The van der Waals surface area contributed by atoms with Crippen LogP contribution in [0.4, 0.5) is 45.5 Å². The van der Waals surface area contributed by atoms with Crippen LogP contribution in [0.25, 0.3) is 20.2 Å². The molecule has 0 spiro atoms. The summed E-state index contributed by atoms with van der Waals surface area (Å²) in [4.78, 5) is 8.42. The first-order valence-electron chi connectivity index (χ1n) is 30.0. The van der Waals surface area contributed by atoms with Gasteiger partial charge in [-0.05, 0) is 200 Å². The van der Waals surface area contributed by atoms with Gasteiger partial charge in [0.1, 0.15) is 0 Å². The highest BCUT2D eigenvalue weighted by atomic mass is 32.1. The molecule has 2 atom stereocenters. The number of rotatable bonds is 3. The highest BCUT2D eigenvalue weighted by Crippen LogP contribution is 2.63. The fraction of sp³-hybridized carbons (Fsp3) is 0.425. The molecule has 7 aromatic carbocycles. The molecule has 8 aromatic rings. The lowest BCUT2D eigenvalue weighted by atomic mass is 9.33. The van der Waals surface area contributed by atoms with E-state index in [1.807, 2.05) is 11.3 Å². The second-order valence-electron chi connectivity index (χ2n) is 30.1. The van der Waals surface area contributed by atoms with Gasteiger partial charge in [-0.2, -0.15) is 0 Å². The third-order valence-corrected chi connectivity index (χ3v) is 23.6. The number of hydrogen-bond acceptors (Lipinski definition) is 4. The molecular weight excluding hydrogens is 962 g/mol. The van der Waals surface area contributed by atoms with Crippen molar-refractivity contribution in [1.82, 2.24) is 0 Å². The van der Waals surface area contributed by atoms with Crippen LogP contribution in [-0.2, 0) is 37.9 Å². The van der Waals surface area contributed by atoms with Crippen LogP contribution in [-0.4, -0.2) is 12.3 Å². The van der Waals surface area contributed by atoms with Gasteiger partial charge in [0.15, 0.2) is 0 Å². The quantitative estimate of drug-likeness (QED) is 0.163. The second kappa shape index (κ2) is 15.6. The number of fused-ring (bicyclic) bond motifs is 13. The van der Waals surface area contributed by atoms with Crippen molar-refractivity contribution in [2.75, 3.05) is 14.7 Å². The van der Waals surface area contributed by atoms with Gasteiger partial charge in [0, 0.05) is 71.1 Å². The van der Waals surface area contributed by atoms with E-state index in [0.717, 1.165) is 12.8 Å². The number of anilines is 8. The maximum Gasteiger partial charge on any atom is 0.252 e. The van der Waals surface area contributed by atoms with Crippen LogP contribution in [0.1, 0.15) is 194 Å². The van der Waals surface area contributed by atoms with Gasteiger partial charge >= 0.3 is 0 Å². The van der Waals surface area contributed by atoms with Gasteiger partial charge in [0.2, 0.25) is 0 Å². The van der Waals surface area contributed by atoms with Crippen LogP contribution in [0.5, 0.6) is 0 Å². The zero-order valence-electron chi connectivity index (χ0n) is 49.2. The predicted octanol–water partition coefficient (Wildman–Crippen LogP) is 18.5. The summed E-state index contributed by atoms with van der Waals surface area (Å²) in [5.74, 6) is 0. The standard InChI is InChI=1S/C73H80BN3S/c1-66(2)31-32-67(3,4)51-35-44(26-28-49(51)66)75-59-41-54-52(68(5,6)33-34-69(54,7)8)39-56(59)74-57-40-53-55(71(11,12)43-70(53,9)10)42-60(57)76(45-25-27-48-47-21-15-18-24-63(47)78-64(48)38-45)62-37-46(36-61(75)65(62)74)77-58-23-17-16-22-50(58)72(13)29-19-20-30-73(72,77)14/h15-18,21-28,35-42H,19-20,29-34,43H2,1-14H3. The molecule has 7 aliphatic rings. The smallest absolute Gasteiger partial charge is 0.252 e. The van der Waals surface area contributed by atoms with Crippen molar-refractivity contribution in [3.05, 3.63) is 160 Å². The van der Waals surface area contributed by atoms with E-state index in [9.17, 15) is 0 Å². The second-order valence-corrected chi connectivity index (χ2v) is 31.2. The molecule has 3 aliphatic heterocycles. The van der Waals surface area contributed by atoms with Crippen molar-refractivity contribution in [3.8, 4) is 0 Å². The third-order valence-electron chi connectivity index (χ3n) is 22.5. The Morgan fingerprint density at radius 2 is 0.872 bits per heavy atom. The molecule has 1 fully saturated rings. The predicted molar refractivity (Wildman–Crippen MR) is 337 cm³/mol. The van der Waals surface area contributed by atoms with E-state index < -0.39 is 0 Å². The Morgan fingerprint density at radius 3 is 1.53 bits per heavy atom. The molecule has 396 valence electrons. The lowest BCUT2D eigenvalue weighted by Gasteiger charge is -2.51. The Morgan fingerprint density at radius 1 is 0.372 bits per heavy atom. The summed E-state index contributed by atoms with van der Waals surface area (Å²) in [6, 6.07) is 50.0.